The highest BCUT2D eigenvalue weighted by atomic mass is 15.1. The van der Waals surface area contributed by atoms with Gasteiger partial charge in [0.05, 0.1) is 11.0 Å². The maximum Gasteiger partial charge on any atom is 0.146 e. The van der Waals surface area contributed by atoms with Crippen molar-refractivity contribution in [2.75, 3.05) is 0 Å². The summed E-state index contributed by atoms with van der Waals surface area (Å²) < 4.78 is 2.39. The summed E-state index contributed by atoms with van der Waals surface area (Å²) in [5.74, 6) is 0.971. The lowest BCUT2D eigenvalue weighted by Gasteiger charge is -2.16. The number of aromatic nitrogens is 2. The van der Waals surface area contributed by atoms with Crippen molar-refractivity contribution in [1.29, 1.82) is 0 Å². The molecule has 0 aliphatic rings. The fraction of sp³-hybridized carbons (Fsp3) is 0.0513. The standard InChI is InChI=1S/C39H26N2/c1-23-11-17-30-33(21-23)34-22-24(2)12-18-31(34)38-37(30)40-39(41(38)28-9-4-3-5-10-28)32-20-16-27-14-13-25-7-6-8-26-15-19-29(32)36(27)35(25)26/h3-22H,1-2H3. The molecule has 1 aromatic heterocycles. The van der Waals surface area contributed by atoms with E-state index >= 15 is 0 Å². The molecule has 9 aromatic rings. The molecule has 0 saturated carbocycles. The molecule has 9 rings (SSSR count). The molecule has 2 nitrogen and oxygen atoms in total. The Balaban J connectivity index is 1.51. The third-order valence-electron chi connectivity index (χ3n) is 8.81. The highest BCUT2D eigenvalue weighted by Gasteiger charge is 2.22. The fourth-order valence-corrected chi connectivity index (χ4v) is 6.97. The van der Waals surface area contributed by atoms with E-state index in [0.717, 1.165) is 28.1 Å². The van der Waals surface area contributed by atoms with Crippen LogP contribution in [-0.4, -0.2) is 9.55 Å². The second kappa shape index (κ2) is 8.16. The van der Waals surface area contributed by atoms with Crippen molar-refractivity contribution in [2.24, 2.45) is 0 Å². The minimum atomic E-state index is 0.971. The van der Waals surface area contributed by atoms with Crippen LogP contribution in [0.3, 0.4) is 0 Å². The number of hydrogen-bond acceptors (Lipinski definition) is 1. The summed E-state index contributed by atoms with van der Waals surface area (Å²) >= 11 is 0. The molecule has 0 N–H and O–H groups in total. The second-order valence-electron chi connectivity index (χ2n) is 11.4. The fourth-order valence-electron chi connectivity index (χ4n) is 6.97. The highest BCUT2D eigenvalue weighted by molar-refractivity contribution is 6.27. The SMILES string of the molecule is Cc1ccc2c(c1)c1cc(C)ccc1c1c2nc(-c2ccc3ccc4cccc5ccc2c3c45)n1-c1ccccc1. The third-order valence-corrected chi connectivity index (χ3v) is 8.81. The number of nitrogens with zero attached hydrogens (tertiary/aromatic N) is 2. The molecular formula is C39H26N2. The largest absolute Gasteiger partial charge is 0.292 e. The highest BCUT2D eigenvalue weighted by Crippen LogP contribution is 2.43. The van der Waals surface area contributed by atoms with Gasteiger partial charge in [-0.3, -0.25) is 4.57 Å². The molecule has 2 heteroatoms. The minimum Gasteiger partial charge on any atom is -0.292 e. The van der Waals surface area contributed by atoms with Crippen LogP contribution in [0.25, 0.3) is 82.0 Å². The smallest absolute Gasteiger partial charge is 0.146 e. The number of hydrogen-bond donors (Lipinski definition) is 0. The van der Waals surface area contributed by atoms with Crippen molar-refractivity contribution < 1.29 is 0 Å². The second-order valence-corrected chi connectivity index (χ2v) is 11.4. The molecule has 8 aromatic carbocycles. The van der Waals surface area contributed by atoms with Gasteiger partial charge in [-0.25, -0.2) is 4.98 Å². The zero-order valence-corrected chi connectivity index (χ0v) is 22.9. The van der Waals surface area contributed by atoms with Crippen LogP contribution in [0, 0.1) is 13.8 Å². The molecule has 0 aliphatic heterocycles. The number of fused-ring (bicyclic) bond motifs is 6. The van der Waals surface area contributed by atoms with E-state index in [1.807, 2.05) is 0 Å². The summed E-state index contributed by atoms with van der Waals surface area (Å²) in [4.78, 5) is 5.53. The lowest BCUT2D eigenvalue weighted by Crippen LogP contribution is -1.99. The maximum absolute atomic E-state index is 5.53. The number of para-hydroxylation sites is 1. The third kappa shape index (κ3) is 3.10. The topological polar surface area (TPSA) is 17.8 Å². The summed E-state index contributed by atoms with van der Waals surface area (Å²) in [6, 6.07) is 44.5. The van der Waals surface area contributed by atoms with Crippen LogP contribution in [0.2, 0.25) is 0 Å². The molecule has 0 amide bonds. The van der Waals surface area contributed by atoms with Crippen molar-refractivity contribution in [3.63, 3.8) is 0 Å². The van der Waals surface area contributed by atoms with Gasteiger partial charge in [-0.05, 0) is 75.1 Å². The van der Waals surface area contributed by atoms with E-state index in [0.29, 0.717) is 0 Å². The van der Waals surface area contributed by atoms with Crippen LogP contribution in [-0.2, 0) is 0 Å². The lowest BCUT2D eigenvalue weighted by atomic mass is 9.92. The lowest BCUT2D eigenvalue weighted by molar-refractivity contribution is 1.11. The molecule has 0 unspecified atom stereocenters. The van der Waals surface area contributed by atoms with E-state index < -0.39 is 0 Å². The van der Waals surface area contributed by atoms with Crippen LogP contribution in [0.1, 0.15) is 11.1 Å². The van der Waals surface area contributed by atoms with E-state index in [1.54, 1.807) is 0 Å². The van der Waals surface area contributed by atoms with Gasteiger partial charge in [0.25, 0.3) is 0 Å². The van der Waals surface area contributed by atoms with Gasteiger partial charge in [-0.1, -0.05) is 114 Å². The molecule has 192 valence electrons. The first-order valence-electron chi connectivity index (χ1n) is 14.2. The molecular weight excluding hydrogens is 496 g/mol. The van der Waals surface area contributed by atoms with Crippen molar-refractivity contribution in [1.82, 2.24) is 9.55 Å². The average molecular weight is 523 g/mol. The minimum absolute atomic E-state index is 0.971. The van der Waals surface area contributed by atoms with Gasteiger partial charge in [0.15, 0.2) is 0 Å². The molecule has 0 aliphatic carbocycles. The van der Waals surface area contributed by atoms with Gasteiger partial charge in [0.2, 0.25) is 0 Å². The Morgan fingerprint density at radius 2 is 1.10 bits per heavy atom. The Morgan fingerprint density at radius 1 is 0.488 bits per heavy atom. The first-order chi connectivity index (χ1) is 20.2. The molecule has 0 bridgehead atoms. The van der Waals surface area contributed by atoms with Gasteiger partial charge in [0.1, 0.15) is 5.82 Å². The monoisotopic (exact) mass is 522 g/mol. The zero-order chi connectivity index (χ0) is 27.2. The predicted molar refractivity (Wildman–Crippen MR) is 175 cm³/mol. The Bertz CT molecular complexity index is 2470. The van der Waals surface area contributed by atoms with Gasteiger partial charge < -0.3 is 0 Å². The maximum atomic E-state index is 5.53. The van der Waals surface area contributed by atoms with Crippen LogP contribution < -0.4 is 0 Å². The molecule has 0 atom stereocenters. The Labute approximate surface area is 237 Å². The number of aryl methyl sites for hydroxylation is 2. The summed E-state index contributed by atoms with van der Waals surface area (Å²) in [7, 11) is 0. The van der Waals surface area contributed by atoms with Crippen molar-refractivity contribution >= 4 is 64.9 Å². The summed E-state index contributed by atoms with van der Waals surface area (Å²) in [6.07, 6.45) is 0. The van der Waals surface area contributed by atoms with Gasteiger partial charge in [0, 0.05) is 22.0 Å². The van der Waals surface area contributed by atoms with E-state index in [2.05, 4.69) is 140 Å². The van der Waals surface area contributed by atoms with Gasteiger partial charge >= 0.3 is 0 Å². The molecule has 1 heterocycles. The van der Waals surface area contributed by atoms with E-state index in [4.69, 9.17) is 4.98 Å². The molecule has 41 heavy (non-hydrogen) atoms. The Hall–Kier alpha value is -5.21. The van der Waals surface area contributed by atoms with Gasteiger partial charge in [-0.2, -0.15) is 0 Å². The Kier molecular flexibility index (Phi) is 4.49. The van der Waals surface area contributed by atoms with Crippen LogP contribution >= 0.6 is 0 Å². The normalized spacial score (nSPS) is 12.1. The van der Waals surface area contributed by atoms with Crippen LogP contribution in [0.5, 0.6) is 0 Å². The van der Waals surface area contributed by atoms with E-state index in [1.165, 1.54) is 65.0 Å². The molecule has 0 fully saturated rings. The average Bonchev–Trinajstić information content (AvgIpc) is 3.41. The predicted octanol–water partition coefficient (Wildman–Crippen LogP) is 10.5. The summed E-state index contributed by atoms with van der Waals surface area (Å²) in [5.41, 5.74) is 6.98. The Morgan fingerprint density at radius 3 is 1.85 bits per heavy atom. The number of imidazole rings is 1. The van der Waals surface area contributed by atoms with Crippen molar-refractivity contribution in [2.45, 2.75) is 13.8 Å². The van der Waals surface area contributed by atoms with E-state index in [9.17, 15) is 0 Å². The molecule has 0 radical (unpaired) electrons. The van der Waals surface area contributed by atoms with Crippen molar-refractivity contribution in [3.8, 4) is 17.1 Å². The first-order valence-corrected chi connectivity index (χ1v) is 14.2. The number of benzene rings is 8. The van der Waals surface area contributed by atoms with Crippen molar-refractivity contribution in [3.05, 3.63) is 132 Å². The quantitative estimate of drug-likeness (QED) is 0.206. The van der Waals surface area contributed by atoms with Crippen LogP contribution in [0.4, 0.5) is 0 Å². The summed E-state index contributed by atoms with van der Waals surface area (Å²) in [5, 5.41) is 12.6. The first kappa shape index (κ1) is 22.6. The number of rotatable bonds is 2. The molecule has 0 spiro atoms. The van der Waals surface area contributed by atoms with Gasteiger partial charge in [-0.15, -0.1) is 0 Å². The van der Waals surface area contributed by atoms with Crippen LogP contribution in [0.15, 0.2) is 121 Å². The zero-order valence-electron chi connectivity index (χ0n) is 22.9. The van der Waals surface area contributed by atoms with E-state index in [-0.39, 0.29) is 0 Å². The summed E-state index contributed by atoms with van der Waals surface area (Å²) in [6.45, 7) is 4.35. The molecule has 0 saturated heterocycles.